The highest BCUT2D eigenvalue weighted by Crippen LogP contribution is 2.20. The summed E-state index contributed by atoms with van der Waals surface area (Å²) in [5.74, 6) is -0.0562. The Morgan fingerprint density at radius 2 is 2.22 bits per heavy atom. The standard InChI is InChI=1S/C4H10B2O2S/c1-9-2-4(5,6)3(7)8/h2,5-6H2,1H3,(H,7,8). The van der Waals surface area contributed by atoms with Crippen molar-refractivity contribution in [2.45, 2.75) is 5.21 Å². The topological polar surface area (TPSA) is 37.3 Å². The van der Waals surface area contributed by atoms with Crippen LogP contribution in [-0.2, 0) is 4.79 Å². The van der Waals surface area contributed by atoms with Crippen LogP contribution in [-0.4, -0.2) is 38.8 Å². The van der Waals surface area contributed by atoms with Crippen molar-refractivity contribution < 1.29 is 9.90 Å². The first-order chi connectivity index (χ1) is 4.00. The van der Waals surface area contributed by atoms with Gasteiger partial charge < -0.3 is 5.11 Å². The molecule has 0 saturated carbocycles. The molecular formula is C4H10B2O2S. The monoisotopic (exact) mass is 144 g/mol. The highest BCUT2D eigenvalue weighted by Gasteiger charge is 2.25. The summed E-state index contributed by atoms with van der Waals surface area (Å²) in [5.41, 5.74) is 0. The third-order valence-electron chi connectivity index (χ3n) is 1.08. The van der Waals surface area contributed by atoms with Gasteiger partial charge in [0.15, 0.2) is 0 Å². The molecule has 0 aliphatic carbocycles. The van der Waals surface area contributed by atoms with Gasteiger partial charge in [0.25, 0.3) is 5.97 Å². The Balaban J connectivity index is 3.85. The van der Waals surface area contributed by atoms with Gasteiger partial charge in [-0.3, -0.25) is 4.79 Å². The number of hydrogen-bond donors (Lipinski definition) is 1. The van der Waals surface area contributed by atoms with Crippen molar-refractivity contribution in [3.05, 3.63) is 0 Å². The molecule has 0 fully saturated rings. The molecule has 9 heavy (non-hydrogen) atoms. The molecule has 2 nitrogen and oxygen atoms in total. The molecule has 0 saturated heterocycles. The average molecular weight is 144 g/mol. The zero-order chi connectivity index (χ0) is 7.49. The second-order valence-corrected chi connectivity index (χ2v) is 3.49. The fraction of sp³-hybridized carbons (Fsp3) is 0.750. The van der Waals surface area contributed by atoms with Crippen molar-refractivity contribution in [1.29, 1.82) is 0 Å². The molecule has 0 atom stereocenters. The van der Waals surface area contributed by atoms with Crippen LogP contribution >= 0.6 is 11.8 Å². The molecule has 0 aromatic heterocycles. The smallest absolute Gasteiger partial charge is 0.294 e. The van der Waals surface area contributed by atoms with Crippen molar-refractivity contribution in [2.75, 3.05) is 12.0 Å². The van der Waals surface area contributed by atoms with Gasteiger partial charge in [-0.05, 0) is 12.0 Å². The van der Waals surface area contributed by atoms with E-state index >= 15 is 0 Å². The summed E-state index contributed by atoms with van der Waals surface area (Å²) < 4.78 is 0. The lowest BCUT2D eigenvalue weighted by atomic mass is 9.56. The molecule has 0 aliphatic heterocycles. The zero-order valence-electron chi connectivity index (χ0n) is 5.97. The van der Waals surface area contributed by atoms with E-state index in [1.165, 1.54) is 0 Å². The summed E-state index contributed by atoms with van der Waals surface area (Å²) in [6, 6.07) is 0. The lowest BCUT2D eigenvalue weighted by molar-refractivity contribution is -0.137. The van der Waals surface area contributed by atoms with E-state index in [0.29, 0.717) is 5.75 Å². The largest absolute Gasteiger partial charge is 0.482 e. The van der Waals surface area contributed by atoms with E-state index in [1.54, 1.807) is 27.5 Å². The predicted molar refractivity (Wildman–Crippen MR) is 45.8 cm³/mol. The number of thioether (sulfide) groups is 1. The minimum absolute atomic E-state index is 0.570. The second kappa shape index (κ2) is 3.20. The molecule has 1 N–H and O–H groups in total. The van der Waals surface area contributed by atoms with Gasteiger partial charge in [0, 0.05) is 5.21 Å². The highest BCUT2D eigenvalue weighted by molar-refractivity contribution is 7.98. The van der Waals surface area contributed by atoms with E-state index in [4.69, 9.17) is 5.11 Å². The maximum Gasteiger partial charge on any atom is 0.294 e. The summed E-state index contributed by atoms with van der Waals surface area (Å²) in [7, 11) is 3.46. The lowest BCUT2D eigenvalue weighted by Gasteiger charge is -2.16. The number of carboxylic acids is 1. The molecule has 0 bridgehead atoms. The number of aliphatic carboxylic acids is 1. The zero-order valence-corrected chi connectivity index (χ0v) is 6.79. The quantitative estimate of drug-likeness (QED) is 0.506. The summed E-state index contributed by atoms with van der Waals surface area (Å²) in [4.78, 5) is 10.4. The minimum Gasteiger partial charge on any atom is -0.482 e. The van der Waals surface area contributed by atoms with Gasteiger partial charge in [-0.15, -0.1) is 0 Å². The van der Waals surface area contributed by atoms with Crippen molar-refractivity contribution in [3.8, 4) is 0 Å². The Labute approximate surface area is 61.2 Å². The molecule has 0 spiro atoms. The van der Waals surface area contributed by atoms with Crippen LogP contribution in [0.15, 0.2) is 0 Å². The van der Waals surface area contributed by atoms with E-state index in [0.717, 1.165) is 0 Å². The van der Waals surface area contributed by atoms with Gasteiger partial charge in [0.05, 0.1) is 0 Å². The van der Waals surface area contributed by atoms with Crippen LogP contribution in [0.1, 0.15) is 0 Å². The average Bonchev–Trinajstić information content (AvgIpc) is 1.65. The molecule has 0 heterocycles. The van der Waals surface area contributed by atoms with Gasteiger partial charge >= 0.3 is 0 Å². The van der Waals surface area contributed by atoms with Crippen molar-refractivity contribution >= 4 is 33.4 Å². The van der Waals surface area contributed by atoms with Crippen molar-refractivity contribution in [2.24, 2.45) is 0 Å². The SMILES string of the molecule is BC(B)(CSC)C(=O)O. The van der Waals surface area contributed by atoms with Crippen LogP contribution in [0.5, 0.6) is 0 Å². The van der Waals surface area contributed by atoms with Crippen LogP contribution < -0.4 is 0 Å². The predicted octanol–water partition coefficient (Wildman–Crippen LogP) is -1.18. The Hall–Kier alpha value is -0.0501. The van der Waals surface area contributed by atoms with Gasteiger partial charge in [0.2, 0.25) is 0 Å². The number of rotatable bonds is 3. The third kappa shape index (κ3) is 2.84. The molecule has 0 rings (SSSR count). The van der Waals surface area contributed by atoms with Gasteiger partial charge in [-0.2, -0.15) is 11.8 Å². The Kier molecular flexibility index (Phi) is 3.18. The summed E-state index contributed by atoms with van der Waals surface area (Å²) in [6.45, 7) is 0. The number of carbonyl (C=O) groups is 1. The summed E-state index contributed by atoms with van der Waals surface area (Å²) in [5, 5.41) is 7.99. The van der Waals surface area contributed by atoms with Crippen LogP contribution in [0.25, 0.3) is 0 Å². The number of hydrogen-bond acceptors (Lipinski definition) is 2. The maximum atomic E-state index is 10.4. The van der Waals surface area contributed by atoms with Gasteiger partial charge in [0.1, 0.15) is 15.7 Å². The van der Waals surface area contributed by atoms with E-state index in [1.807, 2.05) is 6.26 Å². The van der Waals surface area contributed by atoms with E-state index in [2.05, 4.69) is 0 Å². The minimum atomic E-state index is -0.725. The molecule has 0 unspecified atom stereocenters. The van der Waals surface area contributed by atoms with E-state index in [-0.39, 0.29) is 0 Å². The molecule has 50 valence electrons. The third-order valence-corrected chi connectivity index (χ3v) is 2.09. The molecule has 0 aromatic carbocycles. The summed E-state index contributed by atoms with van der Waals surface area (Å²) in [6.07, 6.45) is 1.91. The Bertz CT molecular complexity index is 115. The van der Waals surface area contributed by atoms with E-state index in [9.17, 15) is 4.79 Å². The van der Waals surface area contributed by atoms with E-state index < -0.39 is 11.2 Å². The van der Waals surface area contributed by atoms with Crippen LogP contribution in [0.3, 0.4) is 0 Å². The van der Waals surface area contributed by atoms with Gasteiger partial charge in [-0.1, -0.05) is 0 Å². The second-order valence-electron chi connectivity index (χ2n) is 2.62. The van der Waals surface area contributed by atoms with Crippen LogP contribution in [0.4, 0.5) is 0 Å². The maximum absolute atomic E-state index is 10.4. The molecule has 5 heteroatoms. The van der Waals surface area contributed by atoms with Crippen molar-refractivity contribution in [1.82, 2.24) is 0 Å². The lowest BCUT2D eigenvalue weighted by Crippen LogP contribution is -2.26. The molecule has 0 aromatic rings. The first-order valence-corrected chi connectivity index (χ1v) is 4.12. The molecule has 0 radical (unpaired) electrons. The molecular weight excluding hydrogens is 134 g/mol. The molecule has 0 amide bonds. The Morgan fingerprint density at radius 3 is 2.33 bits per heavy atom. The first kappa shape index (κ1) is 8.95. The highest BCUT2D eigenvalue weighted by atomic mass is 32.2. The van der Waals surface area contributed by atoms with Crippen LogP contribution in [0.2, 0.25) is 5.21 Å². The van der Waals surface area contributed by atoms with Crippen molar-refractivity contribution in [3.63, 3.8) is 0 Å². The number of carboxylic acid groups (broad SMARTS) is 1. The molecule has 0 aliphatic rings. The van der Waals surface area contributed by atoms with Crippen LogP contribution in [0, 0.1) is 0 Å². The van der Waals surface area contributed by atoms with Gasteiger partial charge in [-0.25, -0.2) is 0 Å². The fourth-order valence-corrected chi connectivity index (χ4v) is 1.27. The summed E-state index contributed by atoms with van der Waals surface area (Å²) >= 11 is 1.56. The normalized spacial score (nSPS) is 11.2. The first-order valence-electron chi connectivity index (χ1n) is 2.73. The Morgan fingerprint density at radius 1 is 1.78 bits per heavy atom. The fourth-order valence-electron chi connectivity index (χ4n) is 0.423.